The Labute approximate surface area is 99.9 Å². The molecule has 0 rings (SSSR count). The molecule has 96 valence electrons. The summed E-state index contributed by atoms with van der Waals surface area (Å²) in [5.74, 6) is 0.699. The van der Waals surface area contributed by atoms with Gasteiger partial charge in [-0.2, -0.15) is 0 Å². The van der Waals surface area contributed by atoms with E-state index in [4.69, 9.17) is 4.74 Å². The monoisotopic (exact) mass is 229 g/mol. The SMILES string of the molecule is CC(C)CCOC(C)(C)CC(=O)NC(C)C. The van der Waals surface area contributed by atoms with Crippen molar-refractivity contribution in [1.82, 2.24) is 5.32 Å². The van der Waals surface area contributed by atoms with Gasteiger partial charge in [-0.25, -0.2) is 0 Å². The summed E-state index contributed by atoms with van der Waals surface area (Å²) in [6.07, 6.45) is 1.46. The Kier molecular flexibility index (Phi) is 6.65. The van der Waals surface area contributed by atoms with Crippen LogP contribution in [-0.2, 0) is 9.53 Å². The molecule has 3 heteroatoms. The van der Waals surface area contributed by atoms with Crippen molar-refractivity contribution in [2.45, 2.75) is 66.0 Å². The summed E-state index contributed by atoms with van der Waals surface area (Å²) >= 11 is 0. The molecule has 1 N–H and O–H groups in total. The van der Waals surface area contributed by atoms with E-state index in [0.29, 0.717) is 12.3 Å². The number of rotatable bonds is 7. The second kappa shape index (κ2) is 6.89. The molecule has 0 saturated carbocycles. The highest BCUT2D eigenvalue weighted by atomic mass is 16.5. The van der Waals surface area contributed by atoms with Crippen LogP contribution in [0, 0.1) is 5.92 Å². The van der Waals surface area contributed by atoms with Gasteiger partial charge in [-0.3, -0.25) is 4.79 Å². The summed E-state index contributed by atoms with van der Waals surface area (Å²) in [6.45, 7) is 12.9. The van der Waals surface area contributed by atoms with E-state index in [-0.39, 0.29) is 17.6 Å². The molecule has 0 bridgehead atoms. The van der Waals surface area contributed by atoms with Crippen LogP contribution in [0.3, 0.4) is 0 Å². The van der Waals surface area contributed by atoms with Crippen LogP contribution >= 0.6 is 0 Å². The lowest BCUT2D eigenvalue weighted by molar-refractivity contribution is -0.128. The maximum absolute atomic E-state index is 11.6. The second-order valence-corrected chi connectivity index (χ2v) is 5.69. The molecule has 1 amide bonds. The van der Waals surface area contributed by atoms with Crippen LogP contribution < -0.4 is 5.32 Å². The highest BCUT2D eigenvalue weighted by Crippen LogP contribution is 2.15. The third kappa shape index (κ3) is 8.72. The predicted octanol–water partition coefficient (Wildman–Crippen LogP) is 2.74. The zero-order valence-corrected chi connectivity index (χ0v) is 11.6. The number of hydrogen-bond donors (Lipinski definition) is 1. The molecule has 0 aromatic heterocycles. The highest BCUT2D eigenvalue weighted by molar-refractivity contribution is 5.77. The van der Waals surface area contributed by atoms with Crippen LogP contribution in [0.5, 0.6) is 0 Å². The fraction of sp³-hybridized carbons (Fsp3) is 0.923. The molecule has 0 radical (unpaired) electrons. The van der Waals surface area contributed by atoms with Crippen molar-refractivity contribution in [3.63, 3.8) is 0 Å². The number of amides is 1. The minimum atomic E-state index is -0.367. The Morgan fingerprint density at radius 2 is 1.81 bits per heavy atom. The van der Waals surface area contributed by atoms with Gasteiger partial charge < -0.3 is 10.1 Å². The zero-order valence-electron chi connectivity index (χ0n) is 11.6. The summed E-state index contributed by atoms with van der Waals surface area (Å²) in [7, 11) is 0. The molecular formula is C13H27NO2. The van der Waals surface area contributed by atoms with Crippen LogP contribution in [-0.4, -0.2) is 24.2 Å². The first-order valence-electron chi connectivity index (χ1n) is 6.16. The van der Waals surface area contributed by atoms with E-state index in [1.54, 1.807) is 0 Å². The second-order valence-electron chi connectivity index (χ2n) is 5.69. The number of hydrogen-bond acceptors (Lipinski definition) is 2. The van der Waals surface area contributed by atoms with Crippen molar-refractivity contribution in [1.29, 1.82) is 0 Å². The molecule has 0 aliphatic rings. The Balaban J connectivity index is 3.89. The topological polar surface area (TPSA) is 38.3 Å². The third-order valence-electron chi connectivity index (χ3n) is 2.22. The number of ether oxygens (including phenoxy) is 1. The molecule has 0 aromatic carbocycles. The average molecular weight is 229 g/mol. The maximum Gasteiger partial charge on any atom is 0.223 e. The van der Waals surface area contributed by atoms with Crippen molar-refractivity contribution in [3.8, 4) is 0 Å². The first-order valence-corrected chi connectivity index (χ1v) is 6.16. The molecule has 0 saturated heterocycles. The van der Waals surface area contributed by atoms with Gasteiger partial charge in [0.25, 0.3) is 0 Å². The molecule has 0 aliphatic carbocycles. The molecule has 0 aliphatic heterocycles. The lowest BCUT2D eigenvalue weighted by atomic mass is 10.0. The fourth-order valence-corrected chi connectivity index (χ4v) is 1.38. The Bertz CT molecular complexity index is 210. The zero-order chi connectivity index (χ0) is 12.8. The van der Waals surface area contributed by atoms with Gasteiger partial charge in [-0.05, 0) is 40.0 Å². The molecule has 0 atom stereocenters. The van der Waals surface area contributed by atoms with Crippen molar-refractivity contribution >= 4 is 5.91 Å². The van der Waals surface area contributed by atoms with E-state index in [0.717, 1.165) is 13.0 Å². The van der Waals surface area contributed by atoms with Gasteiger partial charge in [-0.1, -0.05) is 13.8 Å². The van der Waals surface area contributed by atoms with Gasteiger partial charge in [0, 0.05) is 12.6 Å². The highest BCUT2D eigenvalue weighted by Gasteiger charge is 2.22. The van der Waals surface area contributed by atoms with Gasteiger partial charge in [-0.15, -0.1) is 0 Å². The van der Waals surface area contributed by atoms with E-state index < -0.39 is 0 Å². The number of nitrogens with one attached hydrogen (secondary N) is 1. The largest absolute Gasteiger partial charge is 0.375 e. The van der Waals surface area contributed by atoms with E-state index in [1.165, 1.54) is 0 Å². The molecule has 0 fully saturated rings. The van der Waals surface area contributed by atoms with Gasteiger partial charge in [0.1, 0.15) is 0 Å². The van der Waals surface area contributed by atoms with Gasteiger partial charge >= 0.3 is 0 Å². The van der Waals surface area contributed by atoms with E-state index in [2.05, 4.69) is 19.2 Å². The van der Waals surface area contributed by atoms with Gasteiger partial charge in [0.15, 0.2) is 0 Å². The van der Waals surface area contributed by atoms with Crippen LogP contribution in [0.15, 0.2) is 0 Å². The minimum absolute atomic E-state index is 0.0598. The number of carbonyl (C=O) groups excluding carboxylic acids is 1. The van der Waals surface area contributed by atoms with Crippen LogP contribution in [0.25, 0.3) is 0 Å². The van der Waals surface area contributed by atoms with Gasteiger partial charge in [0.05, 0.1) is 12.0 Å². The van der Waals surface area contributed by atoms with Crippen molar-refractivity contribution in [2.75, 3.05) is 6.61 Å². The summed E-state index contributed by atoms with van der Waals surface area (Å²) in [5, 5.41) is 2.88. The smallest absolute Gasteiger partial charge is 0.223 e. The summed E-state index contributed by atoms with van der Waals surface area (Å²) in [5.41, 5.74) is -0.367. The predicted molar refractivity (Wildman–Crippen MR) is 67.4 cm³/mol. The van der Waals surface area contributed by atoms with E-state index in [1.807, 2.05) is 27.7 Å². The standard InChI is InChI=1S/C13H27NO2/c1-10(2)7-8-16-13(5,6)9-12(15)14-11(3)4/h10-11H,7-9H2,1-6H3,(H,14,15). The normalized spacial score (nSPS) is 12.2. The summed E-state index contributed by atoms with van der Waals surface area (Å²) in [4.78, 5) is 11.6. The van der Waals surface area contributed by atoms with Crippen molar-refractivity contribution in [3.05, 3.63) is 0 Å². The summed E-state index contributed by atoms with van der Waals surface area (Å²) < 4.78 is 5.73. The third-order valence-corrected chi connectivity index (χ3v) is 2.22. The number of carbonyl (C=O) groups is 1. The summed E-state index contributed by atoms with van der Waals surface area (Å²) in [6, 6.07) is 0.193. The first-order chi connectivity index (χ1) is 7.23. The average Bonchev–Trinajstić information content (AvgIpc) is 1.98. The van der Waals surface area contributed by atoms with Crippen molar-refractivity contribution < 1.29 is 9.53 Å². The lowest BCUT2D eigenvalue weighted by Crippen LogP contribution is -2.37. The fourth-order valence-electron chi connectivity index (χ4n) is 1.38. The molecule has 16 heavy (non-hydrogen) atoms. The Hall–Kier alpha value is -0.570. The molecule has 0 spiro atoms. The molecule has 0 unspecified atom stereocenters. The maximum atomic E-state index is 11.6. The van der Waals surface area contributed by atoms with E-state index in [9.17, 15) is 4.79 Å². The Morgan fingerprint density at radius 1 is 1.25 bits per heavy atom. The first kappa shape index (κ1) is 15.4. The van der Waals surface area contributed by atoms with Crippen LogP contribution in [0.4, 0.5) is 0 Å². The van der Waals surface area contributed by atoms with Crippen LogP contribution in [0.2, 0.25) is 0 Å². The minimum Gasteiger partial charge on any atom is -0.375 e. The van der Waals surface area contributed by atoms with Crippen molar-refractivity contribution in [2.24, 2.45) is 5.92 Å². The lowest BCUT2D eigenvalue weighted by Gasteiger charge is -2.25. The molecule has 0 heterocycles. The van der Waals surface area contributed by atoms with Crippen LogP contribution in [0.1, 0.15) is 54.4 Å². The Morgan fingerprint density at radius 3 is 2.25 bits per heavy atom. The molecule has 0 aromatic rings. The van der Waals surface area contributed by atoms with Gasteiger partial charge in [0.2, 0.25) is 5.91 Å². The molecular weight excluding hydrogens is 202 g/mol. The molecule has 3 nitrogen and oxygen atoms in total. The van der Waals surface area contributed by atoms with E-state index >= 15 is 0 Å². The quantitative estimate of drug-likeness (QED) is 0.729.